The first-order valence-electron chi connectivity index (χ1n) is 9.30. The predicted octanol–water partition coefficient (Wildman–Crippen LogP) is 4.49. The maximum absolute atomic E-state index is 12.9. The largest absolute Gasteiger partial charge is 0.493 e. The van der Waals surface area contributed by atoms with Gasteiger partial charge < -0.3 is 14.2 Å². The molecule has 0 bridgehead atoms. The Morgan fingerprint density at radius 1 is 0.968 bits per heavy atom. The third kappa shape index (κ3) is 3.89. The van der Waals surface area contributed by atoms with Gasteiger partial charge in [-0.25, -0.2) is 0 Å². The summed E-state index contributed by atoms with van der Waals surface area (Å²) in [7, 11) is 4.54. The van der Waals surface area contributed by atoms with Crippen molar-refractivity contribution in [2.24, 2.45) is 5.10 Å². The molecule has 0 amide bonds. The van der Waals surface area contributed by atoms with Crippen molar-refractivity contribution in [3.63, 3.8) is 0 Å². The Bertz CT molecular complexity index is 1110. The van der Waals surface area contributed by atoms with Gasteiger partial charge in [0.15, 0.2) is 17.3 Å². The average Bonchev–Trinajstić information content (AvgIpc) is 3.20. The number of alkyl halides is 3. The lowest BCUT2D eigenvalue weighted by molar-refractivity contribution is -0.0940. The summed E-state index contributed by atoms with van der Waals surface area (Å²) in [5, 5.41) is 13.7. The highest BCUT2D eigenvalue weighted by Gasteiger charge is 2.34. The Kier molecular flexibility index (Phi) is 5.69. The van der Waals surface area contributed by atoms with E-state index in [1.807, 2.05) is 0 Å². The van der Waals surface area contributed by atoms with Gasteiger partial charge in [-0.05, 0) is 30.5 Å². The Balaban J connectivity index is 1.75. The van der Waals surface area contributed by atoms with Gasteiger partial charge in [0.05, 0.1) is 32.6 Å². The van der Waals surface area contributed by atoms with E-state index in [0.717, 1.165) is 11.6 Å². The lowest BCUT2D eigenvalue weighted by atomic mass is 9.95. The quantitative estimate of drug-likeness (QED) is 0.666. The molecule has 0 radical (unpaired) electrons. The summed E-state index contributed by atoms with van der Waals surface area (Å²) < 4.78 is 56.6. The molecule has 1 aromatic heterocycles. The van der Waals surface area contributed by atoms with Crippen molar-refractivity contribution in [2.45, 2.75) is 24.2 Å². The second kappa shape index (κ2) is 8.29. The van der Waals surface area contributed by atoms with E-state index in [-0.39, 0.29) is 12.8 Å². The first-order chi connectivity index (χ1) is 14.9. The van der Waals surface area contributed by atoms with Crippen molar-refractivity contribution < 1.29 is 27.4 Å². The number of methoxy groups -OCH3 is 3. The van der Waals surface area contributed by atoms with Crippen LogP contribution >= 0.6 is 11.8 Å². The van der Waals surface area contributed by atoms with Crippen LogP contribution in [0, 0.1) is 0 Å². The molecule has 0 atom stereocenters. The number of ether oxygens (including phenoxy) is 3. The molecule has 0 saturated heterocycles. The molecular formula is C20H19F3N4O3S. The summed E-state index contributed by atoms with van der Waals surface area (Å²) in [6.07, 6.45) is -1.46. The molecule has 2 aliphatic rings. The third-order valence-corrected chi connectivity index (χ3v) is 5.93. The summed E-state index contributed by atoms with van der Waals surface area (Å²) in [6, 6.07) is 3.50. The van der Waals surface area contributed by atoms with Crippen LogP contribution in [0.25, 0.3) is 11.4 Å². The summed E-state index contributed by atoms with van der Waals surface area (Å²) in [5.74, 6) is 2.26. The van der Waals surface area contributed by atoms with Crippen molar-refractivity contribution in [1.29, 1.82) is 0 Å². The zero-order valence-electron chi connectivity index (χ0n) is 17.0. The molecule has 31 heavy (non-hydrogen) atoms. The first-order valence-corrected chi connectivity index (χ1v) is 10.3. The molecule has 2 heterocycles. The van der Waals surface area contributed by atoms with Crippen molar-refractivity contribution in [1.82, 2.24) is 14.9 Å². The van der Waals surface area contributed by atoms with E-state index < -0.39 is 11.7 Å². The van der Waals surface area contributed by atoms with Gasteiger partial charge in [-0.2, -0.15) is 22.9 Å². The maximum Gasteiger partial charge on any atom is 0.412 e. The molecule has 0 fully saturated rings. The summed E-state index contributed by atoms with van der Waals surface area (Å²) >= 11 is 1.42. The molecule has 1 aromatic carbocycles. The summed E-state index contributed by atoms with van der Waals surface area (Å²) in [5.41, 5.74) is 1.53. The van der Waals surface area contributed by atoms with Crippen molar-refractivity contribution in [3.8, 4) is 28.6 Å². The SMILES string of the molecule is COc1ccc(-c2nnc3n2N=C(C2=CC=C(C(F)(F)F)CC2)CS3)c(OC)c1OC. The minimum atomic E-state index is -4.30. The van der Waals surface area contributed by atoms with E-state index >= 15 is 0 Å². The van der Waals surface area contributed by atoms with Crippen molar-refractivity contribution >= 4 is 17.5 Å². The molecule has 7 nitrogen and oxygen atoms in total. The monoisotopic (exact) mass is 452 g/mol. The van der Waals surface area contributed by atoms with Crippen LogP contribution < -0.4 is 14.2 Å². The number of thioether (sulfide) groups is 1. The minimum Gasteiger partial charge on any atom is -0.493 e. The number of hydrogen-bond donors (Lipinski definition) is 0. The van der Waals surface area contributed by atoms with Crippen LogP contribution in [-0.4, -0.2) is 53.8 Å². The Labute approximate surface area is 180 Å². The Morgan fingerprint density at radius 2 is 1.74 bits per heavy atom. The number of benzene rings is 1. The Hall–Kier alpha value is -2.95. The van der Waals surface area contributed by atoms with Crippen molar-refractivity contribution in [3.05, 3.63) is 35.4 Å². The number of fused-ring (bicyclic) bond motifs is 1. The van der Waals surface area contributed by atoms with Gasteiger partial charge in [0.1, 0.15) is 0 Å². The number of aromatic nitrogens is 3. The van der Waals surface area contributed by atoms with Gasteiger partial charge in [-0.15, -0.1) is 10.2 Å². The topological polar surface area (TPSA) is 70.8 Å². The molecule has 0 N–H and O–H groups in total. The zero-order chi connectivity index (χ0) is 22.2. The van der Waals surface area contributed by atoms with Crippen molar-refractivity contribution in [2.75, 3.05) is 27.1 Å². The highest BCUT2D eigenvalue weighted by molar-refractivity contribution is 7.99. The second-order valence-corrected chi connectivity index (χ2v) is 7.66. The van der Waals surface area contributed by atoms with E-state index in [4.69, 9.17) is 14.2 Å². The fourth-order valence-corrected chi connectivity index (χ4v) is 4.30. The summed E-state index contributed by atoms with van der Waals surface area (Å²) in [6.45, 7) is 0. The lowest BCUT2D eigenvalue weighted by Crippen LogP contribution is -2.19. The minimum absolute atomic E-state index is 0.0651. The zero-order valence-corrected chi connectivity index (χ0v) is 17.8. The Morgan fingerprint density at radius 3 is 2.35 bits per heavy atom. The number of halogens is 3. The first kappa shape index (κ1) is 21.3. The second-order valence-electron chi connectivity index (χ2n) is 6.72. The van der Waals surface area contributed by atoms with E-state index in [1.165, 1.54) is 39.2 Å². The van der Waals surface area contributed by atoms with Crippen LogP contribution in [0.15, 0.2) is 45.7 Å². The molecule has 0 saturated carbocycles. The van der Waals surface area contributed by atoms with Crippen LogP contribution in [-0.2, 0) is 0 Å². The highest BCUT2D eigenvalue weighted by Crippen LogP contribution is 2.44. The van der Waals surface area contributed by atoms with Gasteiger partial charge in [0.25, 0.3) is 0 Å². The number of rotatable bonds is 5. The third-order valence-electron chi connectivity index (χ3n) is 5.00. The maximum atomic E-state index is 12.9. The molecule has 164 valence electrons. The van der Waals surface area contributed by atoms with E-state index in [2.05, 4.69) is 15.3 Å². The lowest BCUT2D eigenvalue weighted by Gasteiger charge is -2.20. The van der Waals surface area contributed by atoms with Gasteiger partial charge in [0.2, 0.25) is 10.9 Å². The van der Waals surface area contributed by atoms with Gasteiger partial charge in [-0.3, -0.25) is 0 Å². The number of allylic oxidation sites excluding steroid dienone is 4. The fraction of sp³-hybridized carbons (Fsp3) is 0.350. The number of hydrogen-bond acceptors (Lipinski definition) is 7. The van der Waals surface area contributed by atoms with Gasteiger partial charge >= 0.3 is 6.18 Å². The molecule has 11 heteroatoms. The highest BCUT2D eigenvalue weighted by atomic mass is 32.2. The molecule has 2 aromatic rings. The molecule has 1 aliphatic carbocycles. The fourth-order valence-electron chi connectivity index (χ4n) is 3.44. The van der Waals surface area contributed by atoms with E-state index in [0.29, 0.717) is 45.3 Å². The van der Waals surface area contributed by atoms with E-state index in [1.54, 1.807) is 16.8 Å². The smallest absolute Gasteiger partial charge is 0.412 e. The van der Waals surface area contributed by atoms with Crippen LogP contribution in [0.4, 0.5) is 13.2 Å². The summed E-state index contributed by atoms with van der Waals surface area (Å²) in [4.78, 5) is 0. The number of nitrogens with zero attached hydrogens (tertiary/aromatic N) is 4. The van der Waals surface area contributed by atoms with Crippen LogP contribution in [0.1, 0.15) is 12.8 Å². The van der Waals surface area contributed by atoms with Crippen LogP contribution in [0.3, 0.4) is 0 Å². The molecule has 0 unspecified atom stereocenters. The molecule has 4 rings (SSSR count). The van der Waals surface area contributed by atoms with Gasteiger partial charge in [0, 0.05) is 11.3 Å². The molecular weight excluding hydrogens is 433 g/mol. The molecule has 1 aliphatic heterocycles. The van der Waals surface area contributed by atoms with E-state index in [9.17, 15) is 13.2 Å². The average molecular weight is 452 g/mol. The predicted molar refractivity (Wildman–Crippen MR) is 110 cm³/mol. The standard InChI is InChI=1S/C20H19F3N4O3S/c1-28-15-9-8-13(16(29-2)17(15)30-3)18-24-25-19-27(18)26-14(10-31-19)11-4-6-12(7-5-11)20(21,22)23/h4,6,8-9H,5,7,10H2,1-3H3. The molecule has 0 spiro atoms. The van der Waals surface area contributed by atoms with Crippen LogP contribution in [0.2, 0.25) is 0 Å². The normalized spacial score (nSPS) is 16.1. The van der Waals surface area contributed by atoms with Crippen LogP contribution in [0.5, 0.6) is 17.2 Å². The van der Waals surface area contributed by atoms with Gasteiger partial charge in [-0.1, -0.05) is 23.9 Å².